The Labute approximate surface area is 174 Å². The van der Waals surface area contributed by atoms with Gasteiger partial charge in [0.1, 0.15) is 0 Å². The van der Waals surface area contributed by atoms with Crippen molar-refractivity contribution in [2.45, 2.75) is 31.0 Å². The zero-order valence-electron chi connectivity index (χ0n) is 17.0. The van der Waals surface area contributed by atoms with Crippen LogP contribution in [0.1, 0.15) is 29.7 Å². The van der Waals surface area contributed by atoms with Crippen LogP contribution in [0.25, 0.3) is 0 Å². The van der Waals surface area contributed by atoms with Crippen molar-refractivity contribution in [2.75, 3.05) is 26.0 Å². The minimum Gasteiger partial charge on any atom is -0.325 e. The zero-order chi connectivity index (χ0) is 22.7. The molecule has 0 unspecified atom stereocenters. The fourth-order valence-corrected chi connectivity index (χ4v) is 3.58. The molecule has 2 aromatic carbocycles. The second-order valence-electron chi connectivity index (χ2n) is 7.04. The number of hydrogen-bond acceptors (Lipinski definition) is 4. The SMILES string of the molecule is Cc1ccc(S(=O)(=O)N(C)C)cc1NC(=O)CN[C@@H](C)c1cccc(C(F)(F)F)c1. The Morgan fingerprint density at radius 1 is 1.13 bits per heavy atom. The maximum atomic E-state index is 12.9. The highest BCUT2D eigenvalue weighted by molar-refractivity contribution is 7.89. The molecule has 0 spiro atoms. The predicted octanol–water partition coefficient (Wildman–Crippen LogP) is 3.55. The molecule has 0 aromatic heterocycles. The third kappa shape index (κ3) is 5.80. The molecule has 6 nitrogen and oxygen atoms in total. The van der Waals surface area contributed by atoms with Crippen LogP contribution in [0, 0.1) is 6.92 Å². The summed E-state index contributed by atoms with van der Waals surface area (Å²) in [5, 5.41) is 5.51. The van der Waals surface area contributed by atoms with Gasteiger partial charge in [0.15, 0.2) is 0 Å². The monoisotopic (exact) mass is 443 g/mol. The number of amides is 1. The Balaban J connectivity index is 2.06. The Morgan fingerprint density at radius 3 is 2.40 bits per heavy atom. The number of alkyl halides is 3. The van der Waals surface area contributed by atoms with E-state index in [0.717, 1.165) is 16.4 Å². The first-order valence-corrected chi connectivity index (χ1v) is 10.5. The van der Waals surface area contributed by atoms with Crippen molar-refractivity contribution >= 4 is 21.6 Å². The Kier molecular flexibility index (Phi) is 7.27. The van der Waals surface area contributed by atoms with Gasteiger partial charge in [0, 0.05) is 25.8 Å². The number of nitrogens with zero attached hydrogens (tertiary/aromatic N) is 1. The number of benzene rings is 2. The van der Waals surface area contributed by atoms with E-state index in [1.54, 1.807) is 26.0 Å². The van der Waals surface area contributed by atoms with Crippen LogP contribution in [-0.4, -0.2) is 39.3 Å². The van der Waals surface area contributed by atoms with E-state index in [1.807, 2.05) is 0 Å². The van der Waals surface area contributed by atoms with Crippen molar-refractivity contribution in [3.63, 3.8) is 0 Å². The number of sulfonamides is 1. The summed E-state index contributed by atoms with van der Waals surface area (Å²) in [5.74, 6) is -0.448. The number of nitrogens with one attached hydrogen (secondary N) is 2. The van der Waals surface area contributed by atoms with Crippen molar-refractivity contribution in [3.05, 3.63) is 59.2 Å². The molecule has 0 radical (unpaired) electrons. The van der Waals surface area contributed by atoms with E-state index in [4.69, 9.17) is 0 Å². The Hall–Kier alpha value is -2.43. The van der Waals surface area contributed by atoms with E-state index in [2.05, 4.69) is 10.6 Å². The molecule has 10 heteroatoms. The highest BCUT2D eigenvalue weighted by atomic mass is 32.2. The smallest absolute Gasteiger partial charge is 0.325 e. The minimum atomic E-state index is -4.44. The van der Waals surface area contributed by atoms with E-state index in [1.165, 1.54) is 32.3 Å². The van der Waals surface area contributed by atoms with Gasteiger partial charge >= 0.3 is 6.18 Å². The number of hydrogen-bond donors (Lipinski definition) is 2. The lowest BCUT2D eigenvalue weighted by molar-refractivity contribution is -0.137. The number of anilines is 1. The molecule has 2 N–H and O–H groups in total. The first-order valence-electron chi connectivity index (χ1n) is 9.06. The summed E-state index contributed by atoms with van der Waals surface area (Å²) >= 11 is 0. The molecule has 0 saturated carbocycles. The van der Waals surface area contributed by atoms with E-state index < -0.39 is 33.7 Å². The molecule has 0 aliphatic heterocycles. The quantitative estimate of drug-likeness (QED) is 0.686. The first-order chi connectivity index (χ1) is 13.8. The van der Waals surface area contributed by atoms with Crippen LogP contribution in [-0.2, 0) is 21.0 Å². The van der Waals surface area contributed by atoms with Crippen LogP contribution in [0.2, 0.25) is 0 Å². The lowest BCUT2D eigenvalue weighted by atomic mass is 10.0. The van der Waals surface area contributed by atoms with Crippen LogP contribution in [0.3, 0.4) is 0 Å². The third-order valence-corrected chi connectivity index (χ3v) is 6.36. The number of rotatable bonds is 7. The lowest BCUT2D eigenvalue weighted by Crippen LogP contribution is -2.30. The summed E-state index contributed by atoms with van der Waals surface area (Å²) in [6.07, 6.45) is -4.44. The van der Waals surface area contributed by atoms with Gasteiger partial charge in [-0.2, -0.15) is 13.2 Å². The number of halogens is 3. The molecule has 2 aromatic rings. The van der Waals surface area contributed by atoms with E-state index in [9.17, 15) is 26.4 Å². The average Bonchev–Trinajstić information content (AvgIpc) is 2.67. The van der Waals surface area contributed by atoms with Gasteiger partial charge in [-0.3, -0.25) is 4.79 Å². The highest BCUT2D eigenvalue weighted by Crippen LogP contribution is 2.30. The van der Waals surface area contributed by atoms with Crippen LogP contribution in [0.15, 0.2) is 47.4 Å². The van der Waals surface area contributed by atoms with Gasteiger partial charge in [-0.15, -0.1) is 0 Å². The summed E-state index contributed by atoms with van der Waals surface area (Å²) in [7, 11) is -0.837. The maximum Gasteiger partial charge on any atom is 0.416 e. The van der Waals surface area contributed by atoms with Gasteiger partial charge in [-0.25, -0.2) is 12.7 Å². The molecule has 0 aliphatic rings. The topological polar surface area (TPSA) is 78.5 Å². The molecule has 0 saturated heterocycles. The Bertz CT molecular complexity index is 1020. The summed E-state index contributed by atoms with van der Waals surface area (Å²) in [6.45, 7) is 3.21. The summed E-state index contributed by atoms with van der Waals surface area (Å²) in [6, 6.07) is 8.80. The number of aryl methyl sites for hydroxylation is 1. The highest BCUT2D eigenvalue weighted by Gasteiger charge is 2.30. The van der Waals surface area contributed by atoms with Gasteiger partial charge in [-0.05, 0) is 49.2 Å². The summed E-state index contributed by atoms with van der Waals surface area (Å²) in [5.41, 5.74) is 0.656. The molecule has 1 atom stereocenters. The molecular formula is C20H24F3N3O3S. The molecule has 30 heavy (non-hydrogen) atoms. The van der Waals surface area contributed by atoms with Crippen molar-refractivity contribution in [2.24, 2.45) is 0 Å². The summed E-state index contributed by atoms with van der Waals surface area (Å²) < 4.78 is 64.2. The third-order valence-electron chi connectivity index (χ3n) is 4.54. The van der Waals surface area contributed by atoms with Crippen molar-refractivity contribution in [1.82, 2.24) is 9.62 Å². The van der Waals surface area contributed by atoms with Crippen molar-refractivity contribution in [1.29, 1.82) is 0 Å². The van der Waals surface area contributed by atoms with E-state index >= 15 is 0 Å². The van der Waals surface area contributed by atoms with Gasteiger partial charge in [0.05, 0.1) is 17.0 Å². The van der Waals surface area contributed by atoms with Gasteiger partial charge in [0.25, 0.3) is 0 Å². The van der Waals surface area contributed by atoms with E-state index in [0.29, 0.717) is 16.8 Å². The van der Waals surface area contributed by atoms with Gasteiger partial charge in [-0.1, -0.05) is 18.2 Å². The normalized spacial score (nSPS) is 13.3. The zero-order valence-corrected chi connectivity index (χ0v) is 17.9. The largest absolute Gasteiger partial charge is 0.416 e. The summed E-state index contributed by atoms with van der Waals surface area (Å²) in [4.78, 5) is 12.3. The minimum absolute atomic E-state index is 0.0405. The molecule has 164 valence electrons. The molecule has 0 aliphatic carbocycles. The standard InChI is InChI=1S/C20H24F3N3O3S/c1-13-8-9-17(30(28,29)26(3)4)11-18(13)25-19(27)12-24-14(2)15-6-5-7-16(10-15)20(21,22)23/h5-11,14,24H,12H2,1-4H3,(H,25,27)/t14-/m0/s1. The Morgan fingerprint density at radius 2 is 1.80 bits per heavy atom. The second-order valence-corrected chi connectivity index (χ2v) is 9.19. The lowest BCUT2D eigenvalue weighted by Gasteiger charge is -2.17. The second kappa shape index (κ2) is 9.15. The molecule has 2 rings (SSSR count). The first kappa shape index (κ1) is 23.8. The maximum absolute atomic E-state index is 12.9. The van der Waals surface area contributed by atoms with Crippen molar-refractivity contribution < 1.29 is 26.4 Å². The molecule has 0 heterocycles. The predicted molar refractivity (Wildman–Crippen MR) is 109 cm³/mol. The molecule has 1 amide bonds. The van der Waals surface area contributed by atoms with Crippen LogP contribution in [0.5, 0.6) is 0 Å². The average molecular weight is 443 g/mol. The van der Waals surface area contributed by atoms with E-state index in [-0.39, 0.29) is 11.4 Å². The van der Waals surface area contributed by atoms with Gasteiger partial charge < -0.3 is 10.6 Å². The fourth-order valence-electron chi connectivity index (χ4n) is 2.65. The number of carbonyl (C=O) groups is 1. The fraction of sp³-hybridized carbons (Fsp3) is 0.350. The van der Waals surface area contributed by atoms with Crippen molar-refractivity contribution in [3.8, 4) is 0 Å². The van der Waals surface area contributed by atoms with Crippen LogP contribution >= 0.6 is 0 Å². The molecule has 0 fully saturated rings. The number of carbonyl (C=O) groups excluding carboxylic acids is 1. The van der Waals surface area contributed by atoms with Gasteiger partial charge in [0.2, 0.25) is 15.9 Å². The van der Waals surface area contributed by atoms with Crippen LogP contribution in [0.4, 0.5) is 18.9 Å². The van der Waals surface area contributed by atoms with Crippen LogP contribution < -0.4 is 10.6 Å². The molecule has 0 bridgehead atoms. The molecular weight excluding hydrogens is 419 g/mol.